The Labute approximate surface area is 102 Å². The highest BCUT2D eigenvalue weighted by Gasteiger charge is 2.18. The van der Waals surface area contributed by atoms with Crippen molar-refractivity contribution in [1.82, 2.24) is 0 Å². The van der Waals surface area contributed by atoms with Crippen molar-refractivity contribution >= 4 is 17.4 Å². The summed E-state index contributed by atoms with van der Waals surface area (Å²) < 4.78 is 0. The first-order valence-corrected chi connectivity index (χ1v) is 7.04. The van der Waals surface area contributed by atoms with E-state index in [-0.39, 0.29) is 6.04 Å². The van der Waals surface area contributed by atoms with E-state index < -0.39 is 0 Å². The van der Waals surface area contributed by atoms with Crippen molar-refractivity contribution < 1.29 is 0 Å². The van der Waals surface area contributed by atoms with Crippen LogP contribution in [0, 0.1) is 0 Å². The number of thioether (sulfide) groups is 1. The summed E-state index contributed by atoms with van der Waals surface area (Å²) in [5, 5.41) is 0. The summed E-state index contributed by atoms with van der Waals surface area (Å²) in [5.41, 5.74) is 8.39. The van der Waals surface area contributed by atoms with Crippen molar-refractivity contribution in [2.75, 3.05) is 23.0 Å². The fourth-order valence-corrected chi connectivity index (χ4v) is 3.09. The van der Waals surface area contributed by atoms with E-state index in [0.29, 0.717) is 6.04 Å². The molecule has 88 valence electrons. The molecule has 1 aromatic rings. The van der Waals surface area contributed by atoms with Gasteiger partial charge in [0.1, 0.15) is 0 Å². The van der Waals surface area contributed by atoms with Gasteiger partial charge in [-0.2, -0.15) is 11.8 Å². The molecule has 0 bridgehead atoms. The molecule has 2 atom stereocenters. The molecule has 2 unspecified atom stereocenters. The lowest BCUT2D eigenvalue weighted by atomic mass is 10.1. The van der Waals surface area contributed by atoms with Gasteiger partial charge in [-0.1, -0.05) is 12.1 Å². The number of nitrogens with two attached hydrogens (primary N) is 1. The van der Waals surface area contributed by atoms with E-state index in [2.05, 4.69) is 36.1 Å². The maximum absolute atomic E-state index is 5.85. The van der Waals surface area contributed by atoms with E-state index in [1.165, 1.54) is 22.8 Å². The number of nitrogens with zero attached hydrogens (tertiary/aromatic N) is 1. The van der Waals surface area contributed by atoms with Crippen molar-refractivity contribution in [3.63, 3.8) is 0 Å². The maximum Gasteiger partial charge on any atom is 0.0369 e. The van der Waals surface area contributed by atoms with Crippen molar-refractivity contribution in [2.45, 2.75) is 25.9 Å². The highest BCUT2D eigenvalue weighted by atomic mass is 32.2. The average Bonchev–Trinajstić information content (AvgIpc) is 2.30. The second-order valence-electron chi connectivity index (χ2n) is 4.50. The predicted molar refractivity (Wildman–Crippen MR) is 73.2 cm³/mol. The van der Waals surface area contributed by atoms with E-state index >= 15 is 0 Å². The van der Waals surface area contributed by atoms with Gasteiger partial charge in [0.2, 0.25) is 0 Å². The van der Waals surface area contributed by atoms with Gasteiger partial charge in [0, 0.05) is 35.8 Å². The minimum Gasteiger partial charge on any atom is -0.367 e. The highest BCUT2D eigenvalue weighted by Crippen LogP contribution is 2.24. The molecule has 0 spiro atoms. The summed E-state index contributed by atoms with van der Waals surface area (Å²) in [4.78, 5) is 2.49. The van der Waals surface area contributed by atoms with Crippen LogP contribution in [0.4, 0.5) is 5.69 Å². The summed E-state index contributed by atoms with van der Waals surface area (Å²) in [5.74, 6) is 2.47. The average molecular weight is 236 g/mol. The molecule has 0 saturated carbocycles. The summed E-state index contributed by atoms with van der Waals surface area (Å²) in [6, 6.07) is 9.46. The van der Waals surface area contributed by atoms with Crippen LogP contribution in [-0.4, -0.2) is 24.1 Å². The first-order chi connectivity index (χ1) is 7.68. The summed E-state index contributed by atoms with van der Waals surface area (Å²) in [7, 11) is 0. The van der Waals surface area contributed by atoms with Crippen molar-refractivity contribution in [1.29, 1.82) is 0 Å². The third kappa shape index (κ3) is 2.53. The fourth-order valence-electron chi connectivity index (χ4n) is 2.08. The molecule has 3 heteroatoms. The molecule has 2 N–H and O–H groups in total. The minimum atomic E-state index is 0.128. The van der Waals surface area contributed by atoms with Crippen LogP contribution in [0.5, 0.6) is 0 Å². The first kappa shape index (κ1) is 11.8. The Kier molecular flexibility index (Phi) is 3.77. The van der Waals surface area contributed by atoms with Gasteiger partial charge in [-0.15, -0.1) is 0 Å². The predicted octanol–water partition coefficient (Wildman–Crippen LogP) is 2.65. The zero-order valence-corrected chi connectivity index (χ0v) is 10.8. The molecule has 0 radical (unpaired) electrons. The van der Waals surface area contributed by atoms with Gasteiger partial charge < -0.3 is 10.6 Å². The second kappa shape index (κ2) is 5.11. The number of anilines is 1. The number of rotatable bonds is 2. The zero-order chi connectivity index (χ0) is 11.5. The molecule has 2 rings (SSSR count). The van der Waals surface area contributed by atoms with Crippen LogP contribution in [0.2, 0.25) is 0 Å². The molecule has 1 saturated heterocycles. The Morgan fingerprint density at radius 1 is 1.38 bits per heavy atom. The van der Waals surface area contributed by atoms with Gasteiger partial charge in [-0.25, -0.2) is 0 Å². The molecule has 1 fully saturated rings. The van der Waals surface area contributed by atoms with Crippen LogP contribution >= 0.6 is 11.8 Å². The van der Waals surface area contributed by atoms with Crippen LogP contribution in [-0.2, 0) is 0 Å². The van der Waals surface area contributed by atoms with E-state index in [1.807, 2.05) is 18.7 Å². The van der Waals surface area contributed by atoms with Gasteiger partial charge in [0.15, 0.2) is 0 Å². The monoisotopic (exact) mass is 236 g/mol. The molecule has 16 heavy (non-hydrogen) atoms. The first-order valence-electron chi connectivity index (χ1n) is 5.88. The van der Waals surface area contributed by atoms with E-state index in [9.17, 15) is 0 Å². The molecule has 1 aliphatic rings. The van der Waals surface area contributed by atoms with Gasteiger partial charge in [0.05, 0.1) is 0 Å². The number of benzene rings is 1. The summed E-state index contributed by atoms with van der Waals surface area (Å²) in [6.45, 7) is 5.48. The standard InChI is InChI=1S/C13H20N2S/c1-10-9-16-8-7-15(10)13-5-3-12(4-6-13)11(2)14/h3-6,10-11H,7-9,14H2,1-2H3. The number of hydrogen-bond donors (Lipinski definition) is 1. The van der Waals surface area contributed by atoms with Crippen LogP contribution in [0.3, 0.4) is 0 Å². The summed E-state index contributed by atoms with van der Waals surface area (Å²) >= 11 is 2.05. The molecule has 0 aromatic heterocycles. The summed E-state index contributed by atoms with van der Waals surface area (Å²) in [6.07, 6.45) is 0. The molecular formula is C13H20N2S. The molecule has 1 aromatic carbocycles. The topological polar surface area (TPSA) is 29.3 Å². The molecular weight excluding hydrogens is 216 g/mol. The Bertz CT molecular complexity index is 334. The normalized spacial score (nSPS) is 23.2. The minimum absolute atomic E-state index is 0.128. The Morgan fingerprint density at radius 3 is 2.62 bits per heavy atom. The van der Waals surface area contributed by atoms with E-state index in [1.54, 1.807) is 0 Å². The third-order valence-corrected chi connectivity index (χ3v) is 4.31. The largest absolute Gasteiger partial charge is 0.367 e. The molecule has 2 nitrogen and oxygen atoms in total. The van der Waals surface area contributed by atoms with Gasteiger partial charge in [-0.3, -0.25) is 0 Å². The third-order valence-electron chi connectivity index (χ3n) is 3.12. The Balaban J connectivity index is 2.14. The number of hydrogen-bond acceptors (Lipinski definition) is 3. The SMILES string of the molecule is CC(N)c1ccc(N2CCSCC2C)cc1. The molecule has 1 aliphatic heterocycles. The van der Waals surface area contributed by atoms with Crippen LogP contribution < -0.4 is 10.6 Å². The van der Waals surface area contributed by atoms with Gasteiger partial charge in [0.25, 0.3) is 0 Å². The quantitative estimate of drug-likeness (QED) is 0.856. The Morgan fingerprint density at radius 2 is 2.06 bits per heavy atom. The van der Waals surface area contributed by atoms with Crippen molar-refractivity contribution in [2.24, 2.45) is 5.73 Å². The van der Waals surface area contributed by atoms with Crippen LogP contribution in [0.1, 0.15) is 25.5 Å². The molecule has 0 amide bonds. The van der Waals surface area contributed by atoms with Crippen LogP contribution in [0.25, 0.3) is 0 Å². The van der Waals surface area contributed by atoms with Crippen LogP contribution in [0.15, 0.2) is 24.3 Å². The van der Waals surface area contributed by atoms with Crippen molar-refractivity contribution in [3.8, 4) is 0 Å². The Hall–Kier alpha value is -0.670. The van der Waals surface area contributed by atoms with E-state index in [0.717, 1.165) is 6.54 Å². The smallest absolute Gasteiger partial charge is 0.0369 e. The lowest BCUT2D eigenvalue weighted by molar-refractivity contribution is 0.699. The van der Waals surface area contributed by atoms with Gasteiger partial charge >= 0.3 is 0 Å². The van der Waals surface area contributed by atoms with Crippen molar-refractivity contribution in [3.05, 3.63) is 29.8 Å². The maximum atomic E-state index is 5.85. The fraction of sp³-hybridized carbons (Fsp3) is 0.538. The zero-order valence-electron chi connectivity index (χ0n) is 10.0. The van der Waals surface area contributed by atoms with Gasteiger partial charge in [-0.05, 0) is 31.5 Å². The highest BCUT2D eigenvalue weighted by molar-refractivity contribution is 7.99. The second-order valence-corrected chi connectivity index (χ2v) is 5.65. The lowest BCUT2D eigenvalue weighted by Crippen LogP contribution is -2.40. The molecule has 0 aliphatic carbocycles. The lowest BCUT2D eigenvalue weighted by Gasteiger charge is -2.35. The molecule has 1 heterocycles. The van der Waals surface area contributed by atoms with E-state index in [4.69, 9.17) is 5.73 Å².